The minimum atomic E-state index is -0.520. The van der Waals surface area contributed by atoms with Crippen molar-refractivity contribution in [1.29, 1.82) is 0 Å². The Kier molecular flexibility index (Phi) is 2.27. The fourth-order valence-corrected chi connectivity index (χ4v) is 1.13. The first-order valence-corrected chi connectivity index (χ1v) is 3.54. The van der Waals surface area contributed by atoms with Crippen LogP contribution in [0.15, 0.2) is 0 Å². The molecule has 1 rings (SSSR count). The average Bonchev–Trinajstić information content (AvgIpc) is 1.88. The monoisotopic (exact) mass is 161 g/mol. The number of carbonyl (C=O) groups is 2. The molecule has 0 aromatic heterocycles. The van der Waals surface area contributed by atoms with Gasteiger partial charge in [-0.1, -0.05) is 0 Å². The molecule has 1 aliphatic rings. The molecule has 1 aliphatic heterocycles. The quantitative estimate of drug-likeness (QED) is 0.393. The number of rotatable bonds is 0. The second kappa shape index (κ2) is 3.01. The Hall–Kier alpha value is -0.570. The zero-order valence-corrected chi connectivity index (χ0v) is 6.23. The van der Waals surface area contributed by atoms with E-state index in [1.54, 1.807) is 0 Å². The fraction of sp³-hybridized carbons (Fsp3) is 0.667. The number of hydrogen-bond donors (Lipinski definition) is 0. The molecule has 0 saturated carbocycles. The van der Waals surface area contributed by atoms with Crippen LogP contribution in [-0.2, 0) is 4.79 Å². The van der Waals surface area contributed by atoms with Gasteiger partial charge in [-0.25, -0.2) is 0 Å². The first kappa shape index (κ1) is 7.54. The largest absolute Gasteiger partial charge is 0.322 e. The van der Waals surface area contributed by atoms with Crippen molar-refractivity contribution < 1.29 is 9.59 Å². The van der Waals surface area contributed by atoms with Gasteiger partial charge in [-0.15, -0.1) is 0 Å². The van der Waals surface area contributed by atoms with E-state index in [9.17, 15) is 9.59 Å². The standard InChI is InChI=1S/C6H8ClNO2/c7-6(10)8-3-1-2-5(9)4-8/h1-4H2. The van der Waals surface area contributed by atoms with E-state index in [0.717, 1.165) is 6.42 Å². The van der Waals surface area contributed by atoms with Gasteiger partial charge in [0.2, 0.25) is 0 Å². The normalized spacial score (nSPS) is 19.3. The van der Waals surface area contributed by atoms with Crippen molar-refractivity contribution in [2.24, 2.45) is 0 Å². The molecule has 1 fully saturated rings. The first-order valence-electron chi connectivity index (χ1n) is 3.16. The van der Waals surface area contributed by atoms with Crippen LogP contribution in [0.2, 0.25) is 0 Å². The molecular formula is C6H8ClNO2. The van der Waals surface area contributed by atoms with Crippen LogP contribution >= 0.6 is 11.6 Å². The summed E-state index contributed by atoms with van der Waals surface area (Å²) in [5, 5.41) is -0.520. The van der Waals surface area contributed by atoms with Crippen molar-refractivity contribution in [2.75, 3.05) is 13.1 Å². The lowest BCUT2D eigenvalue weighted by Crippen LogP contribution is -2.37. The smallest absolute Gasteiger partial charge is 0.316 e. The summed E-state index contributed by atoms with van der Waals surface area (Å²) >= 11 is 5.16. The minimum absolute atomic E-state index is 0.0975. The highest BCUT2D eigenvalue weighted by Gasteiger charge is 2.19. The third-order valence-corrected chi connectivity index (χ3v) is 1.74. The molecule has 4 heteroatoms. The number of Topliss-reactive ketones (excluding diaryl/α,β-unsaturated/α-hetero) is 1. The summed E-state index contributed by atoms with van der Waals surface area (Å²) in [6.45, 7) is 0.816. The molecule has 0 atom stereocenters. The SMILES string of the molecule is O=C1CCCN(C(=O)Cl)C1. The van der Waals surface area contributed by atoms with E-state index in [1.165, 1.54) is 4.90 Å². The number of amides is 1. The Bertz CT molecular complexity index is 167. The second-order valence-electron chi connectivity index (χ2n) is 2.32. The van der Waals surface area contributed by atoms with E-state index < -0.39 is 5.37 Å². The zero-order chi connectivity index (χ0) is 7.56. The van der Waals surface area contributed by atoms with Crippen molar-refractivity contribution >= 4 is 22.8 Å². The predicted molar refractivity (Wildman–Crippen MR) is 37.1 cm³/mol. The average molecular weight is 162 g/mol. The van der Waals surface area contributed by atoms with Crippen molar-refractivity contribution in [2.45, 2.75) is 12.8 Å². The molecule has 1 saturated heterocycles. The number of halogens is 1. The van der Waals surface area contributed by atoms with Crippen molar-refractivity contribution in [3.8, 4) is 0 Å². The molecule has 0 aromatic rings. The zero-order valence-electron chi connectivity index (χ0n) is 5.47. The molecule has 1 amide bonds. The third kappa shape index (κ3) is 1.70. The summed E-state index contributed by atoms with van der Waals surface area (Å²) in [6.07, 6.45) is 1.33. The van der Waals surface area contributed by atoms with Gasteiger partial charge in [-0.2, -0.15) is 0 Å². The molecule has 0 spiro atoms. The van der Waals surface area contributed by atoms with Crippen LogP contribution in [0.5, 0.6) is 0 Å². The van der Waals surface area contributed by atoms with Gasteiger partial charge in [-0.05, 0) is 18.0 Å². The van der Waals surface area contributed by atoms with Gasteiger partial charge >= 0.3 is 5.37 Å². The second-order valence-corrected chi connectivity index (χ2v) is 2.64. The molecule has 3 nitrogen and oxygen atoms in total. The Morgan fingerprint density at radius 2 is 2.30 bits per heavy atom. The van der Waals surface area contributed by atoms with Crippen LogP contribution in [-0.4, -0.2) is 29.1 Å². The maximum atomic E-state index is 10.7. The van der Waals surface area contributed by atoms with Crippen LogP contribution in [0.3, 0.4) is 0 Å². The molecule has 0 aliphatic carbocycles. The molecule has 0 radical (unpaired) electrons. The lowest BCUT2D eigenvalue weighted by Gasteiger charge is -2.22. The summed E-state index contributed by atoms with van der Waals surface area (Å²) in [4.78, 5) is 22.6. The van der Waals surface area contributed by atoms with Gasteiger partial charge in [0.1, 0.15) is 0 Å². The maximum Gasteiger partial charge on any atom is 0.316 e. The Morgan fingerprint density at radius 1 is 1.60 bits per heavy atom. The maximum absolute atomic E-state index is 10.7. The number of nitrogens with zero attached hydrogens (tertiary/aromatic N) is 1. The molecule has 0 unspecified atom stereocenters. The number of piperidine rings is 1. The molecular weight excluding hydrogens is 154 g/mol. The van der Waals surface area contributed by atoms with Gasteiger partial charge in [0.05, 0.1) is 6.54 Å². The molecule has 0 aromatic carbocycles. The van der Waals surface area contributed by atoms with Crippen LogP contribution in [0.25, 0.3) is 0 Å². The molecule has 56 valence electrons. The van der Waals surface area contributed by atoms with Crippen molar-refractivity contribution in [1.82, 2.24) is 4.90 Å². The van der Waals surface area contributed by atoms with E-state index in [2.05, 4.69) is 0 Å². The number of likely N-dealkylation sites (tertiary alicyclic amines) is 1. The Balaban J connectivity index is 2.47. The minimum Gasteiger partial charge on any atom is -0.322 e. The first-order chi connectivity index (χ1) is 4.70. The van der Waals surface area contributed by atoms with E-state index in [0.29, 0.717) is 13.0 Å². The molecule has 0 N–H and O–H groups in total. The van der Waals surface area contributed by atoms with E-state index in [1.807, 2.05) is 0 Å². The summed E-state index contributed by atoms with van der Waals surface area (Å²) in [5.74, 6) is 0.0975. The van der Waals surface area contributed by atoms with Crippen LogP contribution in [0.4, 0.5) is 4.79 Å². The van der Waals surface area contributed by atoms with Crippen molar-refractivity contribution in [3.05, 3.63) is 0 Å². The van der Waals surface area contributed by atoms with E-state index >= 15 is 0 Å². The number of carbonyl (C=O) groups excluding carboxylic acids is 2. The summed E-state index contributed by atoms with van der Waals surface area (Å²) in [5.41, 5.74) is 0. The van der Waals surface area contributed by atoms with Crippen LogP contribution in [0, 0.1) is 0 Å². The highest BCUT2D eigenvalue weighted by molar-refractivity contribution is 6.62. The highest BCUT2D eigenvalue weighted by atomic mass is 35.5. The van der Waals surface area contributed by atoms with Gasteiger partial charge < -0.3 is 4.90 Å². The van der Waals surface area contributed by atoms with Gasteiger partial charge in [0.15, 0.2) is 5.78 Å². The lowest BCUT2D eigenvalue weighted by atomic mass is 10.1. The Labute approximate surface area is 63.9 Å². The fourth-order valence-electron chi connectivity index (χ4n) is 0.988. The third-order valence-electron chi connectivity index (χ3n) is 1.50. The predicted octanol–water partition coefficient (Wildman–Crippen LogP) is 1.01. The van der Waals surface area contributed by atoms with Crippen LogP contribution in [0.1, 0.15) is 12.8 Å². The van der Waals surface area contributed by atoms with Gasteiger partial charge in [-0.3, -0.25) is 9.59 Å². The molecule has 1 heterocycles. The summed E-state index contributed by atoms with van der Waals surface area (Å²) < 4.78 is 0. The Morgan fingerprint density at radius 3 is 2.70 bits per heavy atom. The van der Waals surface area contributed by atoms with Crippen molar-refractivity contribution in [3.63, 3.8) is 0 Å². The molecule has 0 bridgehead atoms. The number of hydrogen-bond acceptors (Lipinski definition) is 2. The summed E-state index contributed by atoms with van der Waals surface area (Å²) in [7, 11) is 0. The summed E-state index contributed by atoms with van der Waals surface area (Å²) in [6, 6.07) is 0. The molecule has 10 heavy (non-hydrogen) atoms. The number of ketones is 1. The van der Waals surface area contributed by atoms with Gasteiger partial charge in [0.25, 0.3) is 0 Å². The van der Waals surface area contributed by atoms with E-state index in [-0.39, 0.29) is 12.3 Å². The topological polar surface area (TPSA) is 37.4 Å². The lowest BCUT2D eigenvalue weighted by molar-refractivity contribution is -0.121. The highest BCUT2D eigenvalue weighted by Crippen LogP contribution is 2.07. The van der Waals surface area contributed by atoms with Crippen LogP contribution < -0.4 is 0 Å². The van der Waals surface area contributed by atoms with Gasteiger partial charge in [0, 0.05) is 13.0 Å². The van der Waals surface area contributed by atoms with E-state index in [4.69, 9.17) is 11.6 Å².